The first-order chi connectivity index (χ1) is 8.09. The summed E-state index contributed by atoms with van der Waals surface area (Å²) in [6.07, 6.45) is 2.42. The number of para-hydroxylation sites is 1. The maximum atomic E-state index is 12.0. The van der Waals surface area contributed by atoms with Crippen LogP contribution in [-0.2, 0) is 0 Å². The lowest BCUT2D eigenvalue weighted by Crippen LogP contribution is -2.23. The molecule has 0 aromatic heterocycles. The average Bonchev–Trinajstić information content (AvgIpc) is 3.10. The third kappa shape index (κ3) is 2.70. The molecule has 0 radical (unpaired) electrons. The van der Waals surface area contributed by atoms with Gasteiger partial charge < -0.3 is 15.4 Å². The molecule has 2 rings (SSSR count). The summed E-state index contributed by atoms with van der Waals surface area (Å²) in [5.41, 5.74) is 6.93. The van der Waals surface area contributed by atoms with Gasteiger partial charge in [0.25, 0.3) is 5.91 Å². The van der Waals surface area contributed by atoms with Crippen molar-refractivity contribution in [2.75, 3.05) is 26.4 Å². The number of carbonyl (C=O) groups excluding carboxylic acids is 1. The van der Waals surface area contributed by atoms with Crippen molar-refractivity contribution in [3.63, 3.8) is 0 Å². The maximum Gasteiger partial charge on any atom is 0.257 e. The quantitative estimate of drug-likeness (QED) is 0.808. The zero-order chi connectivity index (χ0) is 12.4. The van der Waals surface area contributed by atoms with Crippen LogP contribution in [0.15, 0.2) is 18.2 Å². The molecule has 0 aliphatic heterocycles. The molecular weight excluding hydrogens is 216 g/mol. The number of ether oxygens (including phenoxy) is 1. The lowest BCUT2D eigenvalue weighted by molar-refractivity contribution is 0.0823. The Bertz CT molecular complexity index is 425. The molecule has 1 aromatic rings. The molecular formula is C13H18N2O2. The fraction of sp³-hybridized carbons (Fsp3) is 0.462. The Labute approximate surface area is 101 Å². The number of amides is 1. The van der Waals surface area contributed by atoms with Crippen LogP contribution >= 0.6 is 0 Å². The van der Waals surface area contributed by atoms with Gasteiger partial charge in [-0.05, 0) is 30.9 Å². The van der Waals surface area contributed by atoms with Gasteiger partial charge in [-0.25, -0.2) is 0 Å². The molecule has 4 nitrogen and oxygen atoms in total. The van der Waals surface area contributed by atoms with Crippen molar-refractivity contribution in [3.8, 4) is 5.75 Å². The molecule has 4 heteroatoms. The molecule has 1 amide bonds. The second-order valence-corrected chi connectivity index (χ2v) is 4.68. The summed E-state index contributed by atoms with van der Waals surface area (Å²) in [6, 6.07) is 5.28. The third-order valence-corrected chi connectivity index (χ3v) is 2.84. The normalized spacial score (nSPS) is 14.5. The van der Waals surface area contributed by atoms with Gasteiger partial charge in [0.05, 0.1) is 17.9 Å². The Morgan fingerprint density at radius 3 is 2.76 bits per heavy atom. The molecule has 1 fully saturated rings. The Morgan fingerprint density at radius 1 is 1.47 bits per heavy atom. The number of nitrogens with zero attached hydrogens (tertiary/aromatic N) is 1. The van der Waals surface area contributed by atoms with Crippen LogP contribution in [-0.4, -0.2) is 31.5 Å². The van der Waals surface area contributed by atoms with Crippen molar-refractivity contribution < 1.29 is 9.53 Å². The van der Waals surface area contributed by atoms with Crippen molar-refractivity contribution in [2.24, 2.45) is 5.92 Å². The van der Waals surface area contributed by atoms with Crippen LogP contribution in [0, 0.1) is 5.92 Å². The minimum absolute atomic E-state index is 0.0805. The summed E-state index contributed by atoms with van der Waals surface area (Å²) in [6.45, 7) is 0.655. The van der Waals surface area contributed by atoms with E-state index in [2.05, 4.69) is 0 Å². The lowest BCUT2D eigenvalue weighted by Gasteiger charge is -2.16. The van der Waals surface area contributed by atoms with Gasteiger partial charge >= 0.3 is 0 Å². The first kappa shape index (κ1) is 11.8. The fourth-order valence-corrected chi connectivity index (χ4v) is 1.61. The molecule has 0 atom stereocenters. The second kappa shape index (κ2) is 4.65. The number of hydrogen-bond donors (Lipinski definition) is 1. The Morgan fingerprint density at radius 2 is 2.18 bits per heavy atom. The third-order valence-electron chi connectivity index (χ3n) is 2.84. The minimum atomic E-state index is -0.0805. The van der Waals surface area contributed by atoms with Crippen molar-refractivity contribution in [2.45, 2.75) is 12.8 Å². The van der Waals surface area contributed by atoms with Gasteiger partial charge in [-0.3, -0.25) is 4.79 Å². The summed E-state index contributed by atoms with van der Waals surface area (Å²) < 4.78 is 5.69. The molecule has 0 heterocycles. The largest absolute Gasteiger partial charge is 0.490 e. The highest BCUT2D eigenvalue weighted by atomic mass is 16.5. The molecule has 1 aliphatic carbocycles. The van der Waals surface area contributed by atoms with E-state index >= 15 is 0 Å². The molecule has 1 aliphatic rings. The number of carbonyl (C=O) groups is 1. The van der Waals surface area contributed by atoms with Crippen LogP contribution in [0.3, 0.4) is 0 Å². The summed E-state index contributed by atoms with van der Waals surface area (Å²) in [4.78, 5) is 13.5. The minimum Gasteiger partial charge on any atom is -0.490 e. The standard InChI is InChI=1S/C13H18N2O2/c1-15(2)13(16)10-4-3-5-11(14)12(10)17-8-9-6-7-9/h3-5,9H,6-8,14H2,1-2H3. The van der Waals surface area contributed by atoms with E-state index in [9.17, 15) is 4.79 Å². The van der Waals surface area contributed by atoms with Gasteiger partial charge in [0, 0.05) is 14.1 Å². The van der Waals surface area contributed by atoms with Gasteiger partial charge in [0.2, 0.25) is 0 Å². The van der Waals surface area contributed by atoms with E-state index < -0.39 is 0 Å². The van der Waals surface area contributed by atoms with Crippen molar-refractivity contribution in [3.05, 3.63) is 23.8 Å². The molecule has 0 unspecified atom stereocenters. The number of benzene rings is 1. The smallest absolute Gasteiger partial charge is 0.257 e. The predicted octanol–water partition coefficient (Wildman–Crippen LogP) is 1.76. The van der Waals surface area contributed by atoms with Crippen LogP contribution in [0.1, 0.15) is 23.2 Å². The summed E-state index contributed by atoms with van der Waals surface area (Å²) in [5.74, 6) is 1.08. The monoisotopic (exact) mass is 234 g/mol. The van der Waals surface area contributed by atoms with Crippen LogP contribution < -0.4 is 10.5 Å². The number of anilines is 1. The Hall–Kier alpha value is -1.71. The van der Waals surface area contributed by atoms with Crippen molar-refractivity contribution in [1.29, 1.82) is 0 Å². The van der Waals surface area contributed by atoms with Crippen LogP contribution in [0.4, 0.5) is 5.69 Å². The zero-order valence-electron chi connectivity index (χ0n) is 10.3. The van der Waals surface area contributed by atoms with Crippen molar-refractivity contribution in [1.82, 2.24) is 4.90 Å². The van der Waals surface area contributed by atoms with E-state index in [0.717, 1.165) is 0 Å². The molecule has 17 heavy (non-hydrogen) atoms. The van der Waals surface area contributed by atoms with E-state index in [1.807, 2.05) is 0 Å². The van der Waals surface area contributed by atoms with E-state index in [1.165, 1.54) is 17.7 Å². The highest BCUT2D eigenvalue weighted by Crippen LogP contribution is 2.33. The number of rotatable bonds is 4. The van der Waals surface area contributed by atoms with Gasteiger partial charge in [-0.2, -0.15) is 0 Å². The molecule has 1 saturated carbocycles. The SMILES string of the molecule is CN(C)C(=O)c1cccc(N)c1OCC1CC1. The van der Waals surface area contributed by atoms with Gasteiger partial charge in [0.1, 0.15) is 0 Å². The Balaban J connectivity index is 2.22. The summed E-state index contributed by atoms with van der Waals surface area (Å²) in [5, 5.41) is 0. The van der Waals surface area contributed by atoms with E-state index in [4.69, 9.17) is 10.5 Å². The van der Waals surface area contributed by atoms with Gasteiger partial charge in [-0.1, -0.05) is 6.07 Å². The zero-order valence-corrected chi connectivity index (χ0v) is 10.3. The van der Waals surface area contributed by atoms with E-state index in [-0.39, 0.29) is 5.91 Å². The molecule has 0 bridgehead atoms. The molecule has 1 aromatic carbocycles. The van der Waals surface area contributed by atoms with Crippen LogP contribution in [0.2, 0.25) is 0 Å². The molecule has 0 spiro atoms. The highest BCUT2D eigenvalue weighted by molar-refractivity contribution is 5.98. The lowest BCUT2D eigenvalue weighted by atomic mass is 10.1. The van der Waals surface area contributed by atoms with E-state index in [1.54, 1.807) is 32.3 Å². The molecule has 0 saturated heterocycles. The first-order valence-corrected chi connectivity index (χ1v) is 5.82. The van der Waals surface area contributed by atoms with E-state index in [0.29, 0.717) is 29.5 Å². The fourth-order valence-electron chi connectivity index (χ4n) is 1.61. The summed E-state index contributed by atoms with van der Waals surface area (Å²) >= 11 is 0. The summed E-state index contributed by atoms with van der Waals surface area (Å²) in [7, 11) is 3.44. The van der Waals surface area contributed by atoms with Gasteiger partial charge in [-0.15, -0.1) is 0 Å². The van der Waals surface area contributed by atoms with Crippen molar-refractivity contribution >= 4 is 11.6 Å². The Kier molecular flexibility index (Phi) is 3.22. The number of nitrogen functional groups attached to an aromatic ring is 1. The number of nitrogens with two attached hydrogens (primary N) is 1. The molecule has 92 valence electrons. The van der Waals surface area contributed by atoms with Gasteiger partial charge in [0.15, 0.2) is 5.75 Å². The molecule has 2 N–H and O–H groups in total. The van der Waals surface area contributed by atoms with Crippen LogP contribution in [0.5, 0.6) is 5.75 Å². The first-order valence-electron chi connectivity index (χ1n) is 5.82. The predicted molar refractivity (Wildman–Crippen MR) is 67.1 cm³/mol. The highest BCUT2D eigenvalue weighted by Gasteiger charge is 2.24. The number of hydrogen-bond acceptors (Lipinski definition) is 3. The topological polar surface area (TPSA) is 55.6 Å². The average molecular weight is 234 g/mol. The van der Waals surface area contributed by atoms with Crippen LogP contribution in [0.25, 0.3) is 0 Å². The maximum absolute atomic E-state index is 12.0. The second-order valence-electron chi connectivity index (χ2n) is 4.68.